The van der Waals surface area contributed by atoms with Crippen LogP contribution in [-0.4, -0.2) is 15.2 Å². The molecule has 9 heavy (non-hydrogen) atoms. The highest BCUT2D eigenvalue weighted by molar-refractivity contribution is 4.96. The minimum Gasteiger partial charge on any atom is -0.227 e. The first kappa shape index (κ1) is 6.13. The van der Waals surface area contributed by atoms with Crippen LogP contribution in [-0.2, 0) is 0 Å². The molecule has 0 amide bonds. The van der Waals surface area contributed by atoms with E-state index < -0.39 is 0 Å². The summed E-state index contributed by atoms with van der Waals surface area (Å²) in [6, 6.07) is 0. The van der Waals surface area contributed by atoms with Gasteiger partial charge in [-0.1, -0.05) is 13.8 Å². The molecular weight excluding hydrogens is 114 g/mol. The van der Waals surface area contributed by atoms with Crippen LogP contribution in [0, 0.1) is 6.33 Å². The molecule has 1 heterocycles. The van der Waals surface area contributed by atoms with E-state index in [-0.39, 0.29) is 0 Å². The molecule has 0 aliphatic rings. The van der Waals surface area contributed by atoms with E-state index in [0.717, 1.165) is 5.69 Å². The molecule has 1 aromatic rings. The predicted molar refractivity (Wildman–Crippen MR) is 32.8 cm³/mol. The number of nitrogens with zero attached hydrogens (tertiary/aromatic N) is 3. The number of aromatic nitrogens is 3. The molecule has 1 rings (SSSR count). The zero-order valence-electron chi connectivity index (χ0n) is 5.50. The molecule has 3 nitrogen and oxygen atoms in total. The molecule has 1 radical (unpaired) electrons. The Kier molecular flexibility index (Phi) is 1.72. The van der Waals surface area contributed by atoms with Gasteiger partial charge in [0.25, 0.3) is 0 Å². The van der Waals surface area contributed by atoms with Crippen LogP contribution in [0.2, 0.25) is 0 Å². The molecule has 0 aliphatic carbocycles. The molecule has 47 valence electrons. The van der Waals surface area contributed by atoms with Gasteiger partial charge in [-0.05, 0) is 5.92 Å². The molecule has 0 atom stereocenters. The third-order valence-corrected chi connectivity index (χ3v) is 1.06. The van der Waals surface area contributed by atoms with E-state index in [1.54, 1.807) is 6.20 Å². The maximum Gasteiger partial charge on any atom is 0.221 e. The lowest BCUT2D eigenvalue weighted by Crippen LogP contribution is -1.94. The van der Waals surface area contributed by atoms with Crippen molar-refractivity contribution in [2.45, 2.75) is 19.8 Å². The lowest BCUT2D eigenvalue weighted by atomic mass is 10.1. The standard InChI is InChI=1S/C6H8N3/c1-5(2)6-3-8-9-4-7-6/h3,5H,1-2H3. The van der Waals surface area contributed by atoms with Crippen LogP contribution in [0.5, 0.6) is 0 Å². The minimum absolute atomic E-state index is 0.414. The lowest BCUT2D eigenvalue weighted by molar-refractivity contribution is 0.781. The van der Waals surface area contributed by atoms with Crippen molar-refractivity contribution in [3.05, 3.63) is 18.2 Å². The topological polar surface area (TPSA) is 38.7 Å². The van der Waals surface area contributed by atoms with Gasteiger partial charge in [-0.25, -0.2) is 4.98 Å². The average Bonchev–Trinajstić information content (AvgIpc) is 1.90. The van der Waals surface area contributed by atoms with Crippen molar-refractivity contribution in [2.75, 3.05) is 0 Å². The number of hydrogen-bond donors (Lipinski definition) is 0. The summed E-state index contributed by atoms with van der Waals surface area (Å²) in [5.74, 6) is 0.414. The summed E-state index contributed by atoms with van der Waals surface area (Å²) in [7, 11) is 0. The van der Waals surface area contributed by atoms with Crippen molar-refractivity contribution < 1.29 is 0 Å². The minimum atomic E-state index is 0.414. The SMILES string of the molecule is CC(C)c1cnn[c]n1. The van der Waals surface area contributed by atoms with E-state index in [1.165, 1.54) is 0 Å². The highest BCUT2D eigenvalue weighted by atomic mass is 15.1. The Morgan fingerprint density at radius 3 is 2.67 bits per heavy atom. The fourth-order valence-electron chi connectivity index (χ4n) is 0.501. The third kappa shape index (κ3) is 1.45. The number of rotatable bonds is 1. The fraction of sp³-hybridized carbons (Fsp3) is 0.500. The van der Waals surface area contributed by atoms with E-state index >= 15 is 0 Å². The largest absolute Gasteiger partial charge is 0.227 e. The van der Waals surface area contributed by atoms with Crippen molar-refractivity contribution in [2.24, 2.45) is 0 Å². The van der Waals surface area contributed by atoms with Gasteiger partial charge >= 0.3 is 0 Å². The summed E-state index contributed by atoms with van der Waals surface area (Å²) in [5.41, 5.74) is 0.935. The first-order chi connectivity index (χ1) is 4.30. The van der Waals surface area contributed by atoms with Crippen molar-refractivity contribution in [1.82, 2.24) is 15.2 Å². The molecule has 0 saturated heterocycles. The average molecular weight is 122 g/mol. The second kappa shape index (κ2) is 2.53. The highest BCUT2D eigenvalue weighted by Crippen LogP contribution is 2.06. The van der Waals surface area contributed by atoms with E-state index in [9.17, 15) is 0 Å². The van der Waals surface area contributed by atoms with Gasteiger partial charge in [0.05, 0.1) is 11.9 Å². The van der Waals surface area contributed by atoms with E-state index in [2.05, 4.69) is 35.4 Å². The van der Waals surface area contributed by atoms with E-state index in [0.29, 0.717) is 5.92 Å². The van der Waals surface area contributed by atoms with Gasteiger partial charge in [-0.2, -0.15) is 5.10 Å². The molecule has 3 heteroatoms. The normalized spacial score (nSPS) is 10.1. The summed E-state index contributed by atoms with van der Waals surface area (Å²) < 4.78 is 0. The Bertz CT molecular complexity index is 171. The van der Waals surface area contributed by atoms with E-state index in [4.69, 9.17) is 0 Å². The maximum atomic E-state index is 3.88. The lowest BCUT2D eigenvalue weighted by Gasteiger charge is -1.98. The zero-order valence-corrected chi connectivity index (χ0v) is 5.50. The van der Waals surface area contributed by atoms with Crippen LogP contribution >= 0.6 is 0 Å². The molecule has 0 aromatic carbocycles. The van der Waals surface area contributed by atoms with Crippen LogP contribution in [0.1, 0.15) is 25.5 Å². The van der Waals surface area contributed by atoms with Crippen LogP contribution in [0.25, 0.3) is 0 Å². The van der Waals surface area contributed by atoms with Crippen LogP contribution in [0.15, 0.2) is 6.20 Å². The quantitative estimate of drug-likeness (QED) is 0.553. The monoisotopic (exact) mass is 122 g/mol. The molecule has 0 spiro atoms. The van der Waals surface area contributed by atoms with Gasteiger partial charge < -0.3 is 0 Å². The molecule has 0 unspecified atom stereocenters. The molecule has 0 aliphatic heterocycles. The van der Waals surface area contributed by atoms with Crippen LogP contribution in [0.3, 0.4) is 0 Å². The van der Waals surface area contributed by atoms with Gasteiger partial charge in [0.15, 0.2) is 0 Å². The smallest absolute Gasteiger partial charge is 0.221 e. The Hall–Kier alpha value is -0.990. The van der Waals surface area contributed by atoms with E-state index in [1.807, 2.05) is 0 Å². The first-order valence-electron chi connectivity index (χ1n) is 2.86. The van der Waals surface area contributed by atoms with Crippen molar-refractivity contribution in [3.63, 3.8) is 0 Å². The molecule has 0 saturated carbocycles. The summed E-state index contributed by atoms with van der Waals surface area (Å²) >= 11 is 0. The molecule has 0 fully saturated rings. The third-order valence-electron chi connectivity index (χ3n) is 1.06. The fourth-order valence-corrected chi connectivity index (χ4v) is 0.501. The Morgan fingerprint density at radius 1 is 1.56 bits per heavy atom. The van der Waals surface area contributed by atoms with Gasteiger partial charge in [0.1, 0.15) is 0 Å². The van der Waals surface area contributed by atoms with Gasteiger partial charge in [-0.15, -0.1) is 5.10 Å². The zero-order chi connectivity index (χ0) is 6.69. The molecule has 1 aromatic heterocycles. The van der Waals surface area contributed by atoms with Crippen molar-refractivity contribution >= 4 is 0 Å². The highest BCUT2D eigenvalue weighted by Gasteiger charge is 1.97. The van der Waals surface area contributed by atoms with Gasteiger partial charge in [0.2, 0.25) is 6.33 Å². The summed E-state index contributed by atoms with van der Waals surface area (Å²) in [6.45, 7) is 4.11. The Labute approximate surface area is 54.2 Å². The maximum absolute atomic E-state index is 3.88. The molecule has 0 N–H and O–H groups in total. The summed E-state index contributed by atoms with van der Waals surface area (Å²) in [6.07, 6.45) is 4.09. The predicted octanol–water partition coefficient (Wildman–Crippen LogP) is 0.795. The first-order valence-corrected chi connectivity index (χ1v) is 2.86. The van der Waals surface area contributed by atoms with Crippen LogP contribution < -0.4 is 0 Å². The van der Waals surface area contributed by atoms with Crippen molar-refractivity contribution in [1.29, 1.82) is 0 Å². The van der Waals surface area contributed by atoms with Crippen molar-refractivity contribution in [3.8, 4) is 0 Å². The Morgan fingerprint density at radius 2 is 2.33 bits per heavy atom. The molecular formula is C6H8N3. The van der Waals surface area contributed by atoms with Crippen LogP contribution in [0.4, 0.5) is 0 Å². The second-order valence-corrected chi connectivity index (χ2v) is 2.14. The summed E-state index contributed by atoms with van der Waals surface area (Å²) in [5, 5.41) is 7.08. The second-order valence-electron chi connectivity index (χ2n) is 2.14. The summed E-state index contributed by atoms with van der Waals surface area (Å²) in [4.78, 5) is 3.88. The molecule has 0 bridgehead atoms. The Balaban J connectivity index is 2.85. The van der Waals surface area contributed by atoms with Gasteiger partial charge in [-0.3, -0.25) is 0 Å². The number of hydrogen-bond acceptors (Lipinski definition) is 3. The van der Waals surface area contributed by atoms with Gasteiger partial charge in [0, 0.05) is 0 Å².